The molecule has 0 aliphatic heterocycles. The molecular weight excluding hydrogens is 370 g/mol. The fourth-order valence-electron chi connectivity index (χ4n) is 2.55. The highest BCUT2D eigenvalue weighted by molar-refractivity contribution is 5.96. The largest absolute Gasteiger partial charge is 0.468 e. The second-order valence-electron chi connectivity index (χ2n) is 5.93. The van der Waals surface area contributed by atoms with Crippen LogP contribution >= 0.6 is 0 Å². The van der Waals surface area contributed by atoms with E-state index in [1.54, 1.807) is 0 Å². The summed E-state index contributed by atoms with van der Waals surface area (Å²) in [6.45, 7) is 1.32. The molecule has 1 rings (SSSR count). The average Bonchev–Trinajstić information content (AvgIpc) is 2.71. The van der Waals surface area contributed by atoms with Crippen molar-refractivity contribution in [1.29, 1.82) is 0 Å². The summed E-state index contributed by atoms with van der Waals surface area (Å²) in [7, 11) is 3.34. The summed E-state index contributed by atoms with van der Waals surface area (Å²) in [4.78, 5) is 48.3. The van der Waals surface area contributed by atoms with Crippen molar-refractivity contribution in [2.45, 2.75) is 19.6 Å². The first kappa shape index (κ1) is 23.1. The van der Waals surface area contributed by atoms with E-state index in [-0.39, 0.29) is 13.2 Å². The molecule has 1 aromatic rings. The predicted molar refractivity (Wildman–Crippen MR) is 96.7 cm³/mol. The SMILES string of the molecule is COC(=O)C(C(=O)OC)[C@@H](C)[C@H](NC(=O)COCc1ccccc1)C(=O)OC. The van der Waals surface area contributed by atoms with Crippen LogP contribution in [-0.4, -0.2) is 57.8 Å². The molecule has 2 atom stereocenters. The third-order valence-electron chi connectivity index (χ3n) is 4.08. The molecule has 0 unspecified atom stereocenters. The molecule has 0 saturated carbocycles. The van der Waals surface area contributed by atoms with Gasteiger partial charge in [-0.2, -0.15) is 0 Å². The van der Waals surface area contributed by atoms with Crippen LogP contribution in [0.3, 0.4) is 0 Å². The minimum Gasteiger partial charge on any atom is -0.468 e. The van der Waals surface area contributed by atoms with Crippen LogP contribution in [0, 0.1) is 11.8 Å². The number of ether oxygens (including phenoxy) is 4. The van der Waals surface area contributed by atoms with Gasteiger partial charge in [-0.15, -0.1) is 0 Å². The lowest BCUT2D eigenvalue weighted by atomic mass is 9.87. The van der Waals surface area contributed by atoms with Gasteiger partial charge in [0, 0.05) is 5.92 Å². The molecule has 9 nitrogen and oxygen atoms in total. The molecule has 0 bridgehead atoms. The zero-order valence-corrected chi connectivity index (χ0v) is 16.3. The highest BCUT2D eigenvalue weighted by Crippen LogP contribution is 2.20. The number of nitrogens with one attached hydrogen (secondary N) is 1. The highest BCUT2D eigenvalue weighted by atomic mass is 16.5. The topological polar surface area (TPSA) is 117 Å². The summed E-state index contributed by atoms with van der Waals surface area (Å²) in [5.74, 6) is -5.59. The Kier molecular flexibility index (Phi) is 9.66. The minimum atomic E-state index is -1.41. The van der Waals surface area contributed by atoms with Crippen LogP contribution in [0.2, 0.25) is 0 Å². The summed E-state index contributed by atoms with van der Waals surface area (Å²) in [5.41, 5.74) is 0.879. The van der Waals surface area contributed by atoms with Crippen LogP contribution in [0.15, 0.2) is 30.3 Å². The van der Waals surface area contributed by atoms with Crippen LogP contribution in [0.4, 0.5) is 0 Å². The fraction of sp³-hybridized carbons (Fsp3) is 0.474. The number of hydrogen-bond donors (Lipinski definition) is 1. The van der Waals surface area contributed by atoms with Crippen molar-refractivity contribution in [2.24, 2.45) is 11.8 Å². The van der Waals surface area contributed by atoms with Gasteiger partial charge < -0.3 is 24.3 Å². The molecule has 0 heterocycles. The number of benzene rings is 1. The summed E-state index contributed by atoms with van der Waals surface area (Å²) in [5, 5.41) is 2.44. The number of methoxy groups -OCH3 is 3. The lowest BCUT2D eigenvalue weighted by Crippen LogP contribution is -2.51. The molecule has 0 spiro atoms. The predicted octanol–water partition coefficient (Wildman–Crippen LogP) is 0.459. The molecule has 1 amide bonds. The van der Waals surface area contributed by atoms with E-state index < -0.39 is 41.7 Å². The van der Waals surface area contributed by atoms with Gasteiger partial charge in [-0.3, -0.25) is 14.4 Å². The molecule has 0 aliphatic rings. The van der Waals surface area contributed by atoms with Crippen molar-refractivity contribution in [3.63, 3.8) is 0 Å². The lowest BCUT2D eigenvalue weighted by molar-refractivity contribution is -0.163. The van der Waals surface area contributed by atoms with Gasteiger partial charge in [0.1, 0.15) is 12.6 Å². The second-order valence-corrected chi connectivity index (χ2v) is 5.93. The zero-order valence-electron chi connectivity index (χ0n) is 16.3. The quantitative estimate of drug-likeness (QED) is 0.345. The maximum atomic E-state index is 12.2. The first-order valence-electron chi connectivity index (χ1n) is 8.50. The van der Waals surface area contributed by atoms with Crippen LogP contribution in [-0.2, 0) is 44.7 Å². The maximum Gasteiger partial charge on any atom is 0.328 e. The van der Waals surface area contributed by atoms with Gasteiger partial charge in [-0.1, -0.05) is 37.3 Å². The van der Waals surface area contributed by atoms with Gasteiger partial charge in [-0.05, 0) is 5.56 Å². The minimum absolute atomic E-state index is 0.208. The zero-order chi connectivity index (χ0) is 21.1. The molecule has 1 aromatic carbocycles. The van der Waals surface area contributed by atoms with E-state index in [0.29, 0.717) is 0 Å². The standard InChI is InChI=1S/C19H25NO8/c1-12(15(17(22)25-2)18(23)26-3)16(19(24)27-4)20-14(21)11-28-10-13-8-6-5-7-9-13/h5-9,12,15-16H,10-11H2,1-4H3,(H,20,21)/t12-,16+/m1/s1. The van der Waals surface area contributed by atoms with E-state index in [0.717, 1.165) is 26.9 Å². The molecule has 9 heteroatoms. The molecule has 154 valence electrons. The number of hydrogen-bond acceptors (Lipinski definition) is 8. The van der Waals surface area contributed by atoms with E-state index in [2.05, 4.69) is 19.5 Å². The van der Waals surface area contributed by atoms with Crippen molar-refractivity contribution < 1.29 is 38.1 Å². The van der Waals surface area contributed by atoms with E-state index >= 15 is 0 Å². The maximum absolute atomic E-state index is 12.2. The average molecular weight is 395 g/mol. The highest BCUT2D eigenvalue weighted by Gasteiger charge is 2.42. The Morgan fingerprint density at radius 3 is 1.93 bits per heavy atom. The second kappa shape index (κ2) is 11.7. The van der Waals surface area contributed by atoms with Crippen LogP contribution in [0.25, 0.3) is 0 Å². The number of carbonyl (C=O) groups excluding carboxylic acids is 4. The van der Waals surface area contributed by atoms with Gasteiger partial charge in [0.2, 0.25) is 5.91 Å². The molecular formula is C19H25NO8. The molecule has 0 radical (unpaired) electrons. The van der Waals surface area contributed by atoms with Crippen LogP contribution < -0.4 is 5.32 Å². The third-order valence-corrected chi connectivity index (χ3v) is 4.08. The summed E-state index contributed by atoms with van der Waals surface area (Å²) in [6, 6.07) is 7.95. The number of rotatable bonds is 10. The van der Waals surface area contributed by atoms with E-state index in [1.165, 1.54) is 6.92 Å². The van der Waals surface area contributed by atoms with E-state index in [1.807, 2.05) is 30.3 Å². The Hall–Kier alpha value is -2.94. The van der Waals surface area contributed by atoms with Gasteiger partial charge >= 0.3 is 17.9 Å². The Bertz CT molecular complexity index is 660. The smallest absolute Gasteiger partial charge is 0.328 e. The van der Waals surface area contributed by atoms with Crippen molar-refractivity contribution >= 4 is 23.8 Å². The van der Waals surface area contributed by atoms with Crippen molar-refractivity contribution in [1.82, 2.24) is 5.32 Å². The first-order valence-corrected chi connectivity index (χ1v) is 8.50. The Balaban J connectivity index is 2.80. The van der Waals surface area contributed by atoms with Gasteiger partial charge in [0.05, 0.1) is 27.9 Å². The van der Waals surface area contributed by atoms with Gasteiger partial charge in [-0.25, -0.2) is 4.79 Å². The van der Waals surface area contributed by atoms with Crippen molar-refractivity contribution in [3.8, 4) is 0 Å². The molecule has 1 N–H and O–H groups in total. The number of carbonyl (C=O) groups is 4. The Morgan fingerprint density at radius 2 is 1.43 bits per heavy atom. The molecule has 0 aromatic heterocycles. The summed E-state index contributed by atoms with van der Waals surface area (Å²) >= 11 is 0. The van der Waals surface area contributed by atoms with E-state index in [9.17, 15) is 19.2 Å². The molecule has 0 fully saturated rings. The normalized spacial score (nSPS) is 12.6. The third kappa shape index (κ3) is 6.66. The molecule has 28 heavy (non-hydrogen) atoms. The van der Waals surface area contributed by atoms with Gasteiger partial charge in [0.25, 0.3) is 0 Å². The first-order chi connectivity index (χ1) is 13.3. The lowest BCUT2D eigenvalue weighted by Gasteiger charge is -2.27. The van der Waals surface area contributed by atoms with Crippen molar-refractivity contribution in [2.75, 3.05) is 27.9 Å². The summed E-state index contributed by atoms with van der Waals surface area (Å²) in [6.07, 6.45) is 0. The monoisotopic (exact) mass is 395 g/mol. The van der Waals surface area contributed by atoms with Crippen LogP contribution in [0.5, 0.6) is 0 Å². The molecule has 0 saturated heterocycles. The molecule has 0 aliphatic carbocycles. The summed E-state index contributed by atoms with van der Waals surface area (Å²) < 4.78 is 19.2. The Labute approximate surface area is 163 Å². The Morgan fingerprint density at radius 1 is 0.893 bits per heavy atom. The van der Waals surface area contributed by atoms with E-state index in [4.69, 9.17) is 4.74 Å². The number of amides is 1. The van der Waals surface area contributed by atoms with Gasteiger partial charge in [0.15, 0.2) is 5.92 Å². The fourth-order valence-corrected chi connectivity index (χ4v) is 2.55. The number of esters is 3. The van der Waals surface area contributed by atoms with Crippen LogP contribution in [0.1, 0.15) is 12.5 Å². The van der Waals surface area contributed by atoms with Crippen molar-refractivity contribution in [3.05, 3.63) is 35.9 Å².